The molecule has 0 aliphatic carbocycles. The van der Waals surface area contributed by atoms with Gasteiger partial charge in [0, 0.05) is 5.56 Å². The Labute approximate surface area is 175 Å². The molecule has 2 aromatic carbocycles. The number of hydrogen-bond acceptors (Lipinski definition) is 4. The maximum atomic E-state index is 13.8. The van der Waals surface area contributed by atoms with Gasteiger partial charge < -0.3 is 14.8 Å². The number of hydrogen-bond donors (Lipinski definition) is 1. The van der Waals surface area contributed by atoms with Crippen LogP contribution in [0.1, 0.15) is 43.9 Å². The quantitative estimate of drug-likeness (QED) is 0.582. The summed E-state index contributed by atoms with van der Waals surface area (Å²) in [6, 6.07) is 9.27. The molecule has 0 spiro atoms. The van der Waals surface area contributed by atoms with E-state index in [0.717, 1.165) is 18.9 Å². The Morgan fingerprint density at radius 2 is 1.80 bits per heavy atom. The number of amides is 1. The van der Waals surface area contributed by atoms with Crippen LogP contribution in [0.2, 0.25) is 0 Å². The molecule has 0 heterocycles. The largest absolute Gasteiger partial charge is 0.493 e. The van der Waals surface area contributed by atoms with Gasteiger partial charge in [-0.3, -0.25) is 4.79 Å². The Balaban J connectivity index is 2.07. The van der Waals surface area contributed by atoms with Crippen LogP contribution >= 0.6 is 0 Å². The van der Waals surface area contributed by atoms with Crippen molar-refractivity contribution in [1.82, 2.24) is 5.32 Å². The van der Waals surface area contributed by atoms with Crippen LogP contribution in [0.15, 0.2) is 42.5 Å². The number of esters is 1. The lowest BCUT2D eigenvalue weighted by molar-refractivity contribution is -0.145. The third-order valence-electron chi connectivity index (χ3n) is 4.65. The first-order chi connectivity index (χ1) is 14.3. The summed E-state index contributed by atoms with van der Waals surface area (Å²) in [5.41, 5.74) is 0.393. The molecule has 162 valence electrons. The van der Waals surface area contributed by atoms with Gasteiger partial charge in [0.25, 0.3) is 0 Å². The molecule has 0 saturated heterocycles. The highest BCUT2D eigenvalue weighted by atomic mass is 19.2. The third kappa shape index (κ3) is 6.54. The van der Waals surface area contributed by atoms with Crippen LogP contribution in [0, 0.1) is 17.6 Å². The molecule has 1 N–H and O–H groups in total. The van der Waals surface area contributed by atoms with Crippen molar-refractivity contribution in [2.45, 2.75) is 39.2 Å². The van der Waals surface area contributed by atoms with E-state index in [-0.39, 0.29) is 5.56 Å². The van der Waals surface area contributed by atoms with Crippen molar-refractivity contribution in [3.05, 3.63) is 65.2 Å². The van der Waals surface area contributed by atoms with Gasteiger partial charge in [0.15, 0.2) is 17.7 Å². The van der Waals surface area contributed by atoms with Crippen LogP contribution in [0.4, 0.5) is 8.78 Å². The predicted molar refractivity (Wildman–Crippen MR) is 109 cm³/mol. The number of carbonyl (C=O) groups is 2. The number of methoxy groups -OCH3 is 1. The molecule has 0 saturated carbocycles. The highest BCUT2D eigenvalue weighted by Crippen LogP contribution is 2.21. The third-order valence-corrected chi connectivity index (χ3v) is 4.65. The standard InChI is InChI=1S/C23H27F2NO4/c1-4-6-15(2)14-30-18-11-9-16(10-12-18)22(23(28)29-3)26-20(27)13-17-7-5-8-19(24)21(17)25/h5,7-12,15,22H,4,6,13-14H2,1-3H3,(H,26,27)/t15?,22-/m1/s1. The van der Waals surface area contributed by atoms with Crippen molar-refractivity contribution < 1.29 is 27.8 Å². The molecule has 2 rings (SSSR count). The summed E-state index contributed by atoms with van der Waals surface area (Å²) < 4.78 is 37.7. The molecular weight excluding hydrogens is 392 g/mol. The average Bonchev–Trinajstić information content (AvgIpc) is 2.74. The van der Waals surface area contributed by atoms with Gasteiger partial charge in [0.1, 0.15) is 5.75 Å². The second-order valence-corrected chi connectivity index (χ2v) is 7.19. The van der Waals surface area contributed by atoms with Gasteiger partial charge in [-0.05, 0) is 36.1 Å². The smallest absolute Gasteiger partial charge is 0.333 e. The van der Waals surface area contributed by atoms with Crippen molar-refractivity contribution in [3.63, 3.8) is 0 Å². The second-order valence-electron chi connectivity index (χ2n) is 7.19. The fourth-order valence-corrected chi connectivity index (χ4v) is 3.04. The lowest BCUT2D eigenvalue weighted by Gasteiger charge is -2.18. The van der Waals surface area contributed by atoms with Crippen LogP contribution in [0.5, 0.6) is 5.75 Å². The van der Waals surface area contributed by atoms with Gasteiger partial charge in [-0.25, -0.2) is 13.6 Å². The summed E-state index contributed by atoms with van der Waals surface area (Å²) in [5, 5.41) is 2.52. The Hall–Kier alpha value is -2.96. The summed E-state index contributed by atoms with van der Waals surface area (Å²) in [4.78, 5) is 24.5. The van der Waals surface area contributed by atoms with Crippen LogP contribution < -0.4 is 10.1 Å². The number of nitrogens with one attached hydrogen (secondary N) is 1. The van der Waals surface area contributed by atoms with E-state index in [1.807, 2.05) is 0 Å². The molecule has 0 bridgehead atoms. The predicted octanol–water partition coefficient (Wildman–Crippen LogP) is 4.35. The molecule has 1 amide bonds. The van der Waals surface area contributed by atoms with Crippen LogP contribution in [0.3, 0.4) is 0 Å². The number of ether oxygens (including phenoxy) is 2. The SMILES string of the molecule is CCCC(C)COc1ccc([C@@H](NC(=O)Cc2cccc(F)c2F)C(=O)OC)cc1. The normalized spacial score (nSPS) is 12.7. The number of carbonyl (C=O) groups excluding carboxylic acids is 2. The maximum Gasteiger partial charge on any atom is 0.333 e. The minimum absolute atomic E-state index is 0.0962. The fourth-order valence-electron chi connectivity index (χ4n) is 3.04. The zero-order valence-electron chi connectivity index (χ0n) is 17.4. The first-order valence-corrected chi connectivity index (χ1v) is 9.88. The van der Waals surface area contributed by atoms with E-state index >= 15 is 0 Å². The molecule has 7 heteroatoms. The van der Waals surface area contributed by atoms with E-state index in [0.29, 0.717) is 23.8 Å². The average molecular weight is 419 g/mol. The molecule has 30 heavy (non-hydrogen) atoms. The minimum atomic E-state index is -1.08. The zero-order chi connectivity index (χ0) is 22.1. The first-order valence-electron chi connectivity index (χ1n) is 9.88. The molecule has 1 unspecified atom stereocenters. The summed E-state index contributed by atoms with van der Waals surface area (Å²) in [7, 11) is 1.21. The second kappa shape index (κ2) is 11.3. The molecule has 5 nitrogen and oxygen atoms in total. The van der Waals surface area contributed by atoms with Crippen molar-refractivity contribution in [2.24, 2.45) is 5.92 Å². The van der Waals surface area contributed by atoms with E-state index in [1.165, 1.54) is 19.2 Å². The molecular formula is C23H27F2NO4. The number of rotatable bonds is 10. The van der Waals surface area contributed by atoms with Crippen molar-refractivity contribution in [3.8, 4) is 5.75 Å². The lowest BCUT2D eigenvalue weighted by Crippen LogP contribution is -2.35. The van der Waals surface area contributed by atoms with E-state index in [1.54, 1.807) is 24.3 Å². The molecule has 0 fully saturated rings. The Kier molecular flexibility index (Phi) is 8.77. The van der Waals surface area contributed by atoms with E-state index < -0.39 is 36.0 Å². The zero-order valence-corrected chi connectivity index (χ0v) is 17.4. The van der Waals surface area contributed by atoms with E-state index in [9.17, 15) is 18.4 Å². The highest BCUT2D eigenvalue weighted by Gasteiger charge is 2.24. The van der Waals surface area contributed by atoms with Gasteiger partial charge in [-0.15, -0.1) is 0 Å². The van der Waals surface area contributed by atoms with Crippen molar-refractivity contribution >= 4 is 11.9 Å². The van der Waals surface area contributed by atoms with Crippen LogP contribution in [0.25, 0.3) is 0 Å². The van der Waals surface area contributed by atoms with Crippen molar-refractivity contribution in [2.75, 3.05) is 13.7 Å². The Bertz CT molecular complexity index is 855. The van der Waals surface area contributed by atoms with E-state index in [2.05, 4.69) is 19.2 Å². The summed E-state index contributed by atoms with van der Waals surface area (Å²) in [6.07, 6.45) is 1.75. The minimum Gasteiger partial charge on any atom is -0.493 e. The first kappa shape index (κ1) is 23.3. The molecule has 0 radical (unpaired) electrons. The summed E-state index contributed by atoms with van der Waals surface area (Å²) in [5.74, 6) is -2.34. The molecule has 2 atom stereocenters. The molecule has 0 aliphatic heterocycles. The highest BCUT2D eigenvalue weighted by molar-refractivity contribution is 5.86. The topological polar surface area (TPSA) is 64.6 Å². The van der Waals surface area contributed by atoms with Gasteiger partial charge in [0.2, 0.25) is 5.91 Å². The van der Waals surface area contributed by atoms with Crippen LogP contribution in [-0.2, 0) is 20.7 Å². The van der Waals surface area contributed by atoms with Gasteiger partial charge in [-0.1, -0.05) is 44.5 Å². The maximum absolute atomic E-state index is 13.8. The Morgan fingerprint density at radius 3 is 2.43 bits per heavy atom. The number of halogens is 2. The molecule has 0 aromatic heterocycles. The van der Waals surface area contributed by atoms with E-state index in [4.69, 9.17) is 9.47 Å². The lowest BCUT2D eigenvalue weighted by atomic mass is 10.1. The summed E-state index contributed by atoms with van der Waals surface area (Å²) in [6.45, 7) is 4.82. The molecule has 2 aromatic rings. The van der Waals surface area contributed by atoms with Gasteiger partial charge in [0.05, 0.1) is 20.1 Å². The fraction of sp³-hybridized carbons (Fsp3) is 0.391. The summed E-state index contributed by atoms with van der Waals surface area (Å²) >= 11 is 0. The monoisotopic (exact) mass is 419 g/mol. The van der Waals surface area contributed by atoms with Crippen LogP contribution in [-0.4, -0.2) is 25.6 Å². The van der Waals surface area contributed by atoms with Crippen molar-refractivity contribution in [1.29, 1.82) is 0 Å². The van der Waals surface area contributed by atoms with Gasteiger partial charge in [-0.2, -0.15) is 0 Å². The number of benzene rings is 2. The molecule has 0 aliphatic rings. The van der Waals surface area contributed by atoms with Gasteiger partial charge >= 0.3 is 5.97 Å². The Morgan fingerprint density at radius 1 is 1.10 bits per heavy atom.